The average molecular weight is 343 g/mol. The van der Waals surface area contributed by atoms with E-state index in [-0.39, 0.29) is 12.3 Å². The number of carbonyl (C=O) groups is 2. The highest BCUT2D eigenvalue weighted by molar-refractivity contribution is 5.81. The number of ether oxygens (including phenoxy) is 1. The second-order valence-corrected chi connectivity index (χ2v) is 6.20. The third kappa shape index (κ3) is 3.84. The minimum absolute atomic E-state index is 0.0771. The van der Waals surface area contributed by atoms with Gasteiger partial charge in [-0.2, -0.15) is 0 Å². The molecule has 3 rings (SSSR count). The monoisotopic (exact) mass is 343 g/mol. The van der Waals surface area contributed by atoms with Gasteiger partial charge in [0.15, 0.2) is 0 Å². The lowest BCUT2D eigenvalue weighted by molar-refractivity contribution is -0.153. The molecule has 1 aliphatic rings. The molecule has 0 saturated carbocycles. The zero-order chi connectivity index (χ0) is 17.8. The summed E-state index contributed by atoms with van der Waals surface area (Å²) >= 11 is 0. The first-order valence-electron chi connectivity index (χ1n) is 8.31. The Kier molecular flexibility index (Phi) is 5.07. The number of amides is 1. The van der Waals surface area contributed by atoms with Crippen molar-refractivity contribution >= 4 is 11.9 Å². The number of rotatable bonds is 6. The number of aryl methyl sites for hydroxylation is 1. The number of carboxylic acids is 1. The van der Waals surface area contributed by atoms with Crippen molar-refractivity contribution in [2.24, 2.45) is 5.92 Å². The Hall–Kier alpha value is -2.76. The van der Waals surface area contributed by atoms with Crippen molar-refractivity contribution in [1.29, 1.82) is 0 Å². The van der Waals surface area contributed by atoms with E-state index in [0.717, 1.165) is 11.3 Å². The number of piperidine rings is 1. The molecule has 0 unspecified atom stereocenters. The molecular weight excluding hydrogens is 322 g/mol. The average Bonchev–Trinajstić information content (AvgIpc) is 3.10. The fraction of sp³-hybridized carbons (Fsp3) is 0.368. The predicted octanol–water partition coefficient (Wildman–Crippen LogP) is 3.03. The van der Waals surface area contributed by atoms with E-state index in [0.29, 0.717) is 25.3 Å². The van der Waals surface area contributed by atoms with Crippen molar-refractivity contribution in [3.8, 4) is 5.75 Å². The molecule has 0 aliphatic carbocycles. The minimum atomic E-state index is -0.918. The summed E-state index contributed by atoms with van der Waals surface area (Å²) in [4.78, 5) is 25.6. The van der Waals surface area contributed by atoms with Crippen molar-refractivity contribution in [3.63, 3.8) is 0 Å². The highest BCUT2D eigenvalue weighted by Gasteiger charge is 2.42. The van der Waals surface area contributed by atoms with Crippen LogP contribution in [0.2, 0.25) is 0 Å². The molecule has 1 fully saturated rings. The van der Waals surface area contributed by atoms with E-state index < -0.39 is 17.9 Å². The summed E-state index contributed by atoms with van der Waals surface area (Å²) in [5, 5.41) is 9.53. The molecule has 2 aromatic rings. The lowest BCUT2D eigenvalue weighted by Gasteiger charge is -2.38. The number of aliphatic carboxylic acids is 1. The molecule has 1 aliphatic heterocycles. The Morgan fingerprint density at radius 1 is 1.36 bits per heavy atom. The number of hydrogen-bond acceptors (Lipinski definition) is 4. The van der Waals surface area contributed by atoms with E-state index in [1.165, 1.54) is 6.26 Å². The van der Waals surface area contributed by atoms with Crippen LogP contribution in [-0.4, -0.2) is 35.0 Å². The van der Waals surface area contributed by atoms with Gasteiger partial charge in [0.1, 0.15) is 24.2 Å². The van der Waals surface area contributed by atoms with Crippen LogP contribution in [-0.2, 0) is 9.59 Å². The van der Waals surface area contributed by atoms with Gasteiger partial charge in [0.2, 0.25) is 5.91 Å². The molecule has 2 heterocycles. The van der Waals surface area contributed by atoms with Gasteiger partial charge in [-0.3, -0.25) is 9.59 Å². The Labute approximate surface area is 146 Å². The topological polar surface area (TPSA) is 80.0 Å². The molecule has 25 heavy (non-hydrogen) atoms. The highest BCUT2D eigenvalue weighted by Crippen LogP contribution is 2.37. The number of carboxylic acid groups (broad SMARTS) is 1. The molecule has 132 valence electrons. The largest absolute Gasteiger partial charge is 0.492 e. The van der Waals surface area contributed by atoms with E-state index >= 15 is 0 Å². The normalized spacial score (nSPS) is 20.5. The third-order valence-corrected chi connectivity index (χ3v) is 4.45. The third-order valence-electron chi connectivity index (χ3n) is 4.45. The second-order valence-electron chi connectivity index (χ2n) is 6.20. The molecular formula is C19H21NO5. The molecule has 6 nitrogen and oxygen atoms in total. The fourth-order valence-electron chi connectivity index (χ4n) is 3.25. The SMILES string of the molecule is Cc1cccc(OCCN2C(=O)CC[C@@H](C(=O)O)[C@H]2c2ccco2)c1. The van der Waals surface area contributed by atoms with Crippen LogP contribution in [0.1, 0.15) is 30.2 Å². The van der Waals surface area contributed by atoms with Crippen molar-refractivity contribution in [2.75, 3.05) is 13.2 Å². The predicted molar refractivity (Wildman–Crippen MR) is 90.2 cm³/mol. The van der Waals surface area contributed by atoms with Crippen LogP contribution in [0, 0.1) is 12.8 Å². The standard InChI is InChI=1S/C19H21NO5/c1-13-4-2-5-14(12-13)24-11-9-20-17(21)8-7-15(19(22)23)18(20)16-6-3-10-25-16/h2-6,10,12,15,18H,7-9,11H2,1H3,(H,22,23)/t15-,18+/m1/s1. The number of furan rings is 1. The maximum Gasteiger partial charge on any atom is 0.309 e. The van der Waals surface area contributed by atoms with Gasteiger partial charge in [-0.05, 0) is 43.2 Å². The van der Waals surface area contributed by atoms with E-state index in [9.17, 15) is 14.7 Å². The summed E-state index contributed by atoms with van der Waals surface area (Å²) < 4.78 is 11.1. The van der Waals surface area contributed by atoms with Gasteiger partial charge < -0.3 is 19.2 Å². The molecule has 1 aromatic carbocycles. The zero-order valence-corrected chi connectivity index (χ0v) is 14.1. The molecule has 6 heteroatoms. The van der Waals surface area contributed by atoms with Crippen LogP contribution >= 0.6 is 0 Å². The zero-order valence-electron chi connectivity index (χ0n) is 14.1. The van der Waals surface area contributed by atoms with Gasteiger partial charge in [-0.1, -0.05) is 12.1 Å². The van der Waals surface area contributed by atoms with Gasteiger partial charge in [-0.25, -0.2) is 0 Å². The van der Waals surface area contributed by atoms with Crippen molar-refractivity contribution < 1.29 is 23.8 Å². The smallest absolute Gasteiger partial charge is 0.309 e. The maximum absolute atomic E-state index is 12.4. The van der Waals surface area contributed by atoms with Gasteiger partial charge in [-0.15, -0.1) is 0 Å². The Bertz CT molecular complexity index is 740. The number of nitrogens with zero attached hydrogens (tertiary/aromatic N) is 1. The first-order valence-corrected chi connectivity index (χ1v) is 8.31. The quantitative estimate of drug-likeness (QED) is 0.872. The summed E-state index contributed by atoms with van der Waals surface area (Å²) in [7, 11) is 0. The van der Waals surface area contributed by atoms with Crippen LogP contribution in [0.25, 0.3) is 0 Å². The lowest BCUT2D eigenvalue weighted by Crippen LogP contribution is -2.46. The summed E-state index contributed by atoms with van der Waals surface area (Å²) in [5.41, 5.74) is 1.09. The molecule has 1 N–H and O–H groups in total. The van der Waals surface area contributed by atoms with Gasteiger partial charge in [0.05, 0.1) is 18.7 Å². The Balaban J connectivity index is 1.73. The van der Waals surface area contributed by atoms with Gasteiger partial charge >= 0.3 is 5.97 Å². The van der Waals surface area contributed by atoms with Gasteiger partial charge in [0, 0.05) is 6.42 Å². The summed E-state index contributed by atoms with van der Waals surface area (Å²) in [6.07, 6.45) is 2.03. The lowest BCUT2D eigenvalue weighted by atomic mass is 9.87. The summed E-state index contributed by atoms with van der Waals surface area (Å²) in [6.45, 7) is 2.58. The number of benzene rings is 1. The molecule has 0 radical (unpaired) electrons. The first-order chi connectivity index (χ1) is 12.1. The molecule has 2 atom stereocenters. The highest BCUT2D eigenvalue weighted by atomic mass is 16.5. The second kappa shape index (κ2) is 7.42. The summed E-state index contributed by atoms with van der Waals surface area (Å²) in [6, 6.07) is 10.5. The van der Waals surface area contributed by atoms with Crippen LogP contribution < -0.4 is 4.74 Å². The van der Waals surface area contributed by atoms with E-state index in [1.807, 2.05) is 31.2 Å². The number of likely N-dealkylation sites (tertiary alicyclic amines) is 1. The van der Waals surface area contributed by atoms with E-state index in [1.54, 1.807) is 17.0 Å². The molecule has 0 spiro atoms. The molecule has 0 bridgehead atoms. The van der Waals surface area contributed by atoms with E-state index in [2.05, 4.69) is 0 Å². The molecule has 1 aromatic heterocycles. The first kappa shape index (κ1) is 17.1. The van der Waals surface area contributed by atoms with Crippen molar-refractivity contribution in [2.45, 2.75) is 25.8 Å². The van der Waals surface area contributed by atoms with Gasteiger partial charge in [0.25, 0.3) is 0 Å². The van der Waals surface area contributed by atoms with Crippen molar-refractivity contribution in [3.05, 3.63) is 54.0 Å². The van der Waals surface area contributed by atoms with Crippen LogP contribution in [0.3, 0.4) is 0 Å². The Morgan fingerprint density at radius 3 is 2.88 bits per heavy atom. The van der Waals surface area contributed by atoms with Crippen LogP contribution in [0.5, 0.6) is 5.75 Å². The minimum Gasteiger partial charge on any atom is -0.492 e. The molecule has 1 saturated heterocycles. The van der Waals surface area contributed by atoms with Crippen molar-refractivity contribution in [1.82, 2.24) is 4.90 Å². The maximum atomic E-state index is 12.4. The summed E-state index contributed by atoms with van der Waals surface area (Å²) in [5.74, 6) is -0.446. The van der Waals surface area contributed by atoms with E-state index in [4.69, 9.17) is 9.15 Å². The van der Waals surface area contributed by atoms with Crippen LogP contribution in [0.15, 0.2) is 47.1 Å². The Morgan fingerprint density at radius 2 is 2.20 bits per heavy atom. The number of hydrogen-bond donors (Lipinski definition) is 1. The molecule has 1 amide bonds. The fourth-order valence-corrected chi connectivity index (χ4v) is 3.25. The van der Waals surface area contributed by atoms with Crippen LogP contribution in [0.4, 0.5) is 0 Å². The number of carbonyl (C=O) groups excluding carboxylic acids is 1.